The van der Waals surface area contributed by atoms with Crippen molar-refractivity contribution in [2.45, 2.75) is 46.6 Å². The van der Waals surface area contributed by atoms with E-state index in [0.717, 1.165) is 17.5 Å². The van der Waals surface area contributed by atoms with Gasteiger partial charge in [-0.3, -0.25) is 9.59 Å². The molecule has 1 unspecified atom stereocenters. The van der Waals surface area contributed by atoms with Crippen molar-refractivity contribution >= 4 is 17.8 Å². The Morgan fingerprint density at radius 3 is 2.38 bits per heavy atom. The highest BCUT2D eigenvalue weighted by Crippen LogP contribution is 2.20. The van der Waals surface area contributed by atoms with Crippen LogP contribution in [0.3, 0.4) is 0 Å². The minimum absolute atomic E-state index is 0.211. The van der Waals surface area contributed by atoms with Crippen LogP contribution in [0, 0.1) is 19.8 Å². The molecule has 0 fully saturated rings. The van der Waals surface area contributed by atoms with E-state index in [9.17, 15) is 19.5 Å². The molecule has 6 nitrogen and oxygen atoms in total. The molecular weight excluding hydrogens is 308 g/mol. The standard InChI is InChI=1S/C18H26N2O4/c1-11(2)8-9-15(21)19-10-16(22)20-17(18(23)24)14-7-5-6-12(3)13(14)4/h5-7,11,17H,8-10H2,1-4H3,(H,19,21)(H,20,22)(H,23,24). The van der Waals surface area contributed by atoms with E-state index in [-0.39, 0.29) is 12.5 Å². The summed E-state index contributed by atoms with van der Waals surface area (Å²) in [6.07, 6.45) is 1.10. The SMILES string of the molecule is Cc1cccc(C(NC(=O)CNC(=O)CCC(C)C)C(=O)O)c1C. The van der Waals surface area contributed by atoms with E-state index in [2.05, 4.69) is 10.6 Å². The minimum Gasteiger partial charge on any atom is -0.479 e. The number of carbonyl (C=O) groups excluding carboxylic acids is 2. The topological polar surface area (TPSA) is 95.5 Å². The van der Waals surface area contributed by atoms with Crippen molar-refractivity contribution in [2.75, 3.05) is 6.54 Å². The number of amides is 2. The first kappa shape index (κ1) is 19.7. The van der Waals surface area contributed by atoms with E-state index in [1.54, 1.807) is 12.1 Å². The van der Waals surface area contributed by atoms with Gasteiger partial charge in [-0.1, -0.05) is 32.0 Å². The largest absolute Gasteiger partial charge is 0.479 e. The first-order valence-electron chi connectivity index (χ1n) is 8.07. The summed E-state index contributed by atoms with van der Waals surface area (Å²) in [5.41, 5.74) is 2.32. The molecule has 1 rings (SSSR count). The van der Waals surface area contributed by atoms with E-state index in [1.165, 1.54) is 0 Å². The molecule has 1 aromatic rings. The Hall–Kier alpha value is -2.37. The van der Waals surface area contributed by atoms with Crippen LogP contribution in [0.25, 0.3) is 0 Å². The summed E-state index contributed by atoms with van der Waals surface area (Å²) < 4.78 is 0. The maximum atomic E-state index is 12.0. The third-order valence-electron chi connectivity index (χ3n) is 3.90. The van der Waals surface area contributed by atoms with Gasteiger partial charge in [0.15, 0.2) is 6.04 Å². The molecule has 3 N–H and O–H groups in total. The van der Waals surface area contributed by atoms with Crippen molar-refractivity contribution in [1.29, 1.82) is 0 Å². The molecule has 0 aliphatic rings. The molecule has 0 aliphatic carbocycles. The third kappa shape index (κ3) is 6.02. The molecule has 0 radical (unpaired) electrons. The highest BCUT2D eigenvalue weighted by Gasteiger charge is 2.24. The van der Waals surface area contributed by atoms with Crippen LogP contribution >= 0.6 is 0 Å². The molecule has 132 valence electrons. The van der Waals surface area contributed by atoms with Gasteiger partial charge in [0.05, 0.1) is 6.54 Å². The Labute approximate surface area is 142 Å². The Morgan fingerprint density at radius 2 is 1.79 bits per heavy atom. The summed E-state index contributed by atoms with van der Waals surface area (Å²) >= 11 is 0. The fourth-order valence-corrected chi connectivity index (χ4v) is 2.26. The fourth-order valence-electron chi connectivity index (χ4n) is 2.26. The number of hydrogen-bond donors (Lipinski definition) is 3. The summed E-state index contributed by atoms with van der Waals surface area (Å²) in [7, 11) is 0. The van der Waals surface area contributed by atoms with Crippen molar-refractivity contribution in [3.63, 3.8) is 0 Å². The quantitative estimate of drug-likeness (QED) is 0.678. The maximum absolute atomic E-state index is 12.0. The van der Waals surface area contributed by atoms with Gasteiger partial charge in [0.1, 0.15) is 0 Å². The monoisotopic (exact) mass is 334 g/mol. The molecule has 1 atom stereocenters. The van der Waals surface area contributed by atoms with Gasteiger partial charge in [-0.25, -0.2) is 4.79 Å². The molecule has 6 heteroatoms. The average Bonchev–Trinajstić information content (AvgIpc) is 2.51. The molecule has 0 spiro atoms. The van der Waals surface area contributed by atoms with Gasteiger partial charge in [-0.15, -0.1) is 0 Å². The molecule has 2 amide bonds. The lowest BCUT2D eigenvalue weighted by molar-refractivity contribution is -0.142. The predicted molar refractivity (Wildman–Crippen MR) is 91.5 cm³/mol. The summed E-state index contributed by atoms with van der Waals surface area (Å²) in [5, 5.41) is 14.4. The van der Waals surface area contributed by atoms with E-state index in [0.29, 0.717) is 17.9 Å². The first-order valence-corrected chi connectivity index (χ1v) is 8.07. The number of aryl methyl sites for hydroxylation is 1. The highest BCUT2D eigenvalue weighted by molar-refractivity contribution is 5.88. The normalized spacial score (nSPS) is 11.9. The molecule has 24 heavy (non-hydrogen) atoms. The summed E-state index contributed by atoms with van der Waals surface area (Å²) in [4.78, 5) is 35.1. The van der Waals surface area contributed by atoms with Gasteiger partial charge in [-0.05, 0) is 42.9 Å². The lowest BCUT2D eigenvalue weighted by Gasteiger charge is -2.18. The Kier molecular flexibility index (Phi) is 7.42. The molecule has 0 aliphatic heterocycles. The molecule has 0 saturated heterocycles. The van der Waals surface area contributed by atoms with Crippen LogP contribution in [0.2, 0.25) is 0 Å². The van der Waals surface area contributed by atoms with Gasteiger partial charge in [0, 0.05) is 6.42 Å². The second-order valence-electron chi connectivity index (χ2n) is 6.34. The van der Waals surface area contributed by atoms with E-state index in [4.69, 9.17) is 0 Å². The summed E-state index contributed by atoms with van der Waals surface area (Å²) in [6, 6.07) is 4.19. The fraction of sp³-hybridized carbons (Fsp3) is 0.500. The molecule has 0 heterocycles. The molecule has 0 saturated carbocycles. The lowest BCUT2D eigenvalue weighted by atomic mass is 9.97. The molecule has 1 aromatic carbocycles. The van der Waals surface area contributed by atoms with Gasteiger partial charge < -0.3 is 15.7 Å². The average molecular weight is 334 g/mol. The zero-order chi connectivity index (χ0) is 18.3. The third-order valence-corrected chi connectivity index (χ3v) is 3.90. The van der Waals surface area contributed by atoms with Gasteiger partial charge >= 0.3 is 5.97 Å². The summed E-state index contributed by atoms with van der Waals surface area (Å²) in [5.74, 6) is -1.47. The number of nitrogens with one attached hydrogen (secondary N) is 2. The zero-order valence-corrected chi connectivity index (χ0v) is 14.7. The predicted octanol–water partition coefficient (Wildman–Crippen LogP) is 2.10. The second-order valence-corrected chi connectivity index (χ2v) is 6.34. The van der Waals surface area contributed by atoms with Crippen LogP contribution in [-0.4, -0.2) is 29.4 Å². The van der Waals surface area contributed by atoms with Crippen LogP contribution in [0.5, 0.6) is 0 Å². The molecule has 0 bridgehead atoms. The molecular formula is C18H26N2O4. The van der Waals surface area contributed by atoms with Gasteiger partial charge in [0.2, 0.25) is 11.8 Å². The number of carbonyl (C=O) groups is 3. The number of carboxylic acid groups (broad SMARTS) is 1. The van der Waals surface area contributed by atoms with Crippen LogP contribution in [0.4, 0.5) is 0 Å². The number of rotatable bonds is 8. The van der Waals surface area contributed by atoms with E-state index >= 15 is 0 Å². The van der Waals surface area contributed by atoms with Crippen molar-refractivity contribution < 1.29 is 19.5 Å². The van der Waals surface area contributed by atoms with Crippen LogP contribution in [0.1, 0.15) is 49.4 Å². The van der Waals surface area contributed by atoms with E-state index < -0.39 is 17.9 Å². The number of carboxylic acids is 1. The van der Waals surface area contributed by atoms with E-state index in [1.807, 2.05) is 33.8 Å². The zero-order valence-electron chi connectivity index (χ0n) is 14.7. The Balaban J connectivity index is 2.66. The highest BCUT2D eigenvalue weighted by atomic mass is 16.4. The molecule has 0 aromatic heterocycles. The van der Waals surface area contributed by atoms with Crippen molar-refractivity contribution in [2.24, 2.45) is 5.92 Å². The minimum atomic E-state index is -1.14. The number of aliphatic carboxylic acids is 1. The van der Waals surface area contributed by atoms with Crippen LogP contribution < -0.4 is 10.6 Å². The smallest absolute Gasteiger partial charge is 0.330 e. The Bertz CT molecular complexity index is 611. The van der Waals surface area contributed by atoms with Gasteiger partial charge in [-0.2, -0.15) is 0 Å². The van der Waals surface area contributed by atoms with Crippen molar-refractivity contribution in [3.05, 3.63) is 34.9 Å². The van der Waals surface area contributed by atoms with Crippen molar-refractivity contribution in [3.8, 4) is 0 Å². The van der Waals surface area contributed by atoms with Gasteiger partial charge in [0.25, 0.3) is 0 Å². The van der Waals surface area contributed by atoms with Crippen LogP contribution in [-0.2, 0) is 14.4 Å². The Morgan fingerprint density at radius 1 is 1.12 bits per heavy atom. The summed E-state index contributed by atoms with van der Waals surface area (Å²) in [6.45, 7) is 7.50. The first-order chi connectivity index (χ1) is 11.2. The maximum Gasteiger partial charge on any atom is 0.330 e. The van der Waals surface area contributed by atoms with Crippen molar-refractivity contribution in [1.82, 2.24) is 10.6 Å². The second kappa shape index (κ2) is 9.05. The lowest BCUT2D eigenvalue weighted by Crippen LogP contribution is -2.41. The van der Waals surface area contributed by atoms with Crippen LogP contribution in [0.15, 0.2) is 18.2 Å². The number of benzene rings is 1. The number of hydrogen-bond acceptors (Lipinski definition) is 3.